The number of nitriles is 1. The highest BCUT2D eigenvalue weighted by Crippen LogP contribution is 2.43. The number of amides is 1. The molecular formula is C25H17BrN2O4. The molecule has 3 aromatic carbocycles. The maximum Gasteiger partial charge on any atom is 0.300 e. The molecule has 1 aliphatic heterocycles. The lowest BCUT2D eigenvalue weighted by molar-refractivity contribution is -0.132. The predicted molar refractivity (Wildman–Crippen MR) is 123 cm³/mol. The molecule has 0 bridgehead atoms. The summed E-state index contributed by atoms with van der Waals surface area (Å²) < 4.78 is 0.844. The number of aliphatic hydroxyl groups excluding tert-OH is 1. The van der Waals surface area contributed by atoms with Crippen molar-refractivity contribution in [2.45, 2.75) is 13.0 Å². The van der Waals surface area contributed by atoms with Gasteiger partial charge in [0.05, 0.1) is 23.2 Å². The molecule has 6 nitrogen and oxygen atoms in total. The lowest BCUT2D eigenvalue weighted by Crippen LogP contribution is -2.29. The number of ketones is 1. The third-order valence-corrected chi connectivity index (χ3v) is 6.23. The number of phenolic OH excluding ortho intramolecular Hbond substituents is 1. The first-order chi connectivity index (χ1) is 15.3. The number of carbonyl (C=O) groups is 2. The zero-order valence-corrected chi connectivity index (χ0v) is 18.5. The topological polar surface area (TPSA) is 102 Å². The van der Waals surface area contributed by atoms with Crippen molar-refractivity contribution in [1.29, 1.82) is 5.26 Å². The Kier molecular flexibility index (Phi) is 5.56. The van der Waals surface area contributed by atoms with Crippen LogP contribution in [0.15, 0.2) is 76.8 Å². The van der Waals surface area contributed by atoms with Crippen LogP contribution in [0.4, 0.5) is 5.69 Å². The number of benzene rings is 3. The molecule has 158 valence electrons. The maximum atomic E-state index is 13.1. The van der Waals surface area contributed by atoms with Crippen molar-refractivity contribution in [3.8, 4) is 11.8 Å². The third-order valence-electron chi connectivity index (χ3n) is 5.34. The van der Waals surface area contributed by atoms with Gasteiger partial charge < -0.3 is 10.2 Å². The van der Waals surface area contributed by atoms with E-state index in [1.807, 2.05) is 13.0 Å². The van der Waals surface area contributed by atoms with Gasteiger partial charge in [0, 0.05) is 15.7 Å². The summed E-state index contributed by atoms with van der Waals surface area (Å²) >= 11 is 3.41. The Morgan fingerprint density at radius 2 is 1.78 bits per heavy atom. The Hall–Kier alpha value is -3.89. The second-order valence-corrected chi connectivity index (χ2v) is 8.24. The molecule has 0 aliphatic carbocycles. The number of aromatic hydroxyl groups is 1. The van der Waals surface area contributed by atoms with Crippen molar-refractivity contribution in [1.82, 2.24) is 0 Å². The summed E-state index contributed by atoms with van der Waals surface area (Å²) in [5.74, 6) is -1.98. The number of hydrogen-bond acceptors (Lipinski definition) is 5. The van der Waals surface area contributed by atoms with E-state index in [1.165, 1.54) is 17.0 Å². The molecule has 4 rings (SSSR count). The zero-order valence-electron chi connectivity index (χ0n) is 16.9. The fraction of sp³-hybridized carbons (Fsp3) is 0.0800. The van der Waals surface area contributed by atoms with Gasteiger partial charge in [0.25, 0.3) is 11.7 Å². The number of aryl methyl sites for hydroxylation is 1. The van der Waals surface area contributed by atoms with Crippen LogP contribution in [-0.4, -0.2) is 21.9 Å². The normalized spacial score (nSPS) is 17.4. The van der Waals surface area contributed by atoms with Crippen molar-refractivity contribution >= 4 is 39.1 Å². The van der Waals surface area contributed by atoms with Gasteiger partial charge in [-0.2, -0.15) is 5.26 Å². The second kappa shape index (κ2) is 8.33. The first-order valence-electron chi connectivity index (χ1n) is 9.68. The molecule has 1 aliphatic rings. The number of anilines is 1. The molecule has 1 fully saturated rings. The fourth-order valence-electron chi connectivity index (χ4n) is 3.75. The van der Waals surface area contributed by atoms with Crippen molar-refractivity contribution in [3.63, 3.8) is 0 Å². The molecule has 1 amide bonds. The number of phenols is 1. The number of rotatable bonds is 3. The highest BCUT2D eigenvalue weighted by molar-refractivity contribution is 9.10. The van der Waals surface area contributed by atoms with Gasteiger partial charge in [-0.1, -0.05) is 34.1 Å². The number of Topliss-reactive ketones (excluding diaryl/α,β-unsaturated/α-hetero) is 1. The van der Waals surface area contributed by atoms with Crippen molar-refractivity contribution in [2.75, 3.05) is 4.90 Å². The van der Waals surface area contributed by atoms with Gasteiger partial charge in [-0.3, -0.25) is 14.5 Å². The van der Waals surface area contributed by atoms with E-state index >= 15 is 0 Å². The molecule has 1 heterocycles. The van der Waals surface area contributed by atoms with E-state index in [4.69, 9.17) is 5.26 Å². The highest BCUT2D eigenvalue weighted by atomic mass is 79.9. The van der Waals surface area contributed by atoms with Crippen molar-refractivity contribution < 1.29 is 19.8 Å². The molecule has 7 heteroatoms. The lowest BCUT2D eigenvalue weighted by Gasteiger charge is -2.25. The third kappa shape index (κ3) is 3.66. The maximum absolute atomic E-state index is 13.1. The van der Waals surface area contributed by atoms with Gasteiger partial charge in [0.2, 0.25) is 0 Å². The number of nitrogens with zero attached hydrogens (tertiary/aromatic N) is 2. The SMILES string of the molecule is Cc1cc(/C(O)=C2/C(=O)C(=O)N(c3ccc(C#N)cc3)C2c2cccc(O)c2)ccc1Br. The first-order valence-corrected chi connectivity index (χ1v) is 10.5. The molecule has 3 aromatic rings. The van der Waals surface area contributed by atoms with Crippen LogP contribution < -0.4 is 4.90 Å². The van der Waals surface area contributed by atoms with Crippen LogP contribution in [-0.2, 0) is 9.59 Å². The van der Waals surface area contributed by atoms with E-state index in [0.717, 1.165) is 10.0 Å². The predicted octanol–water partition coefficient (Wildman–Crippen LogP) is 4.96. The van der Waals surface area contributed by atoms with E-state index < -0.39 is 17.7 Å². The van der Waals surface area contributed by atoms with Crippen LogP contribution in [0.1, 0.15) is 28.3 Å². The van der Waals surface area contributed by atoms with Gasteiger partial charge >= 0.3 is 0 Å². The number of carbonyl (C=O) groups excluding carboxylic acids is 2. The number of aliphatic hydroxyl groups is 1. The Morgan fingerprint density at radius 3 is 2.41 bits per heavy atom. The molecule has 0 aromatic heterocycles. The summed E-state index contributed by atoms with van der Waals surface area (Å²) in [6.45, 7) is 1.85. The molecule has 1 saturated heterocycles. The molecule has 32 heavy (non-hydrogen) atoms. The molecule has 0 saturated carbocycles. The number of hydrogen-bond donors (Lipinski definition) is 2. The lowest BCUT2D eigenvalue weighted by atomic mass is 9.94. The second-order valence-electron chi connectivity index (χ2n) is 7.39. The minimum absolute atomic E-state index is 0.0348. The Labute approximate surface area is 192 Å². The standard InChI is InChI=1S/C25H17BrN2O4/c1-14-11-17(7-10-20(14)26)23(30)21-22(16-3-2-4-19(29)12-16)28(25(32)24(21)31)18-8-5-15(13-27)6-9-18/h2-12,22,29-30H,1H3/b23-21-. The van der Waals surface area contributed by atoms with E-state index in [0.29, 0.717) is 22.4 Å². The Morgan fingerprint density at radius 1 is 1.06 bits per heavy atom. The van der Waals surface area contributed by atoms with Crippen molar-refractivity contribution in [2.24, 2.45) is 0 Å². The molecule has 0 spiro atoms. The molecular weight excluding hydrogens is 472 g/mol. The van der Waals surface area contributed by atoms with Crippen molar-refractivity contribution in [3.05, 3.63) is 99.0 Å². The first kappa shape index (κ1) is 21.3. The van der Waals surface area contributed by atoms with E-state index in [9.17, 15) is 19.8 Å². The Balaban J connectivity index is 1.95. The summed E-state index contributed by atoms with van der Waals surface area (Å²) in [5, 5.41) is 30.2. The van der Waals surface area contributed by atoms with Gasteiger partial charge in [0.15, 0.2) is 0 Å². The van der Waals surface area contributed by atoms with Crippen LogP contribution >= 0.6 is 15.9 Å². The minimum atomic E-state index is -0.959. The monoisotopic (exact) mass is 488 g/mol. The highest BCUT2D eigenvalue weighted by Gasteiger charge is 2.47. The van der Waals surface area contributed by atoms with Gasteiger partial charge in [-0.15, -0.1) is 0 Å². The van der Waals surface area contributed by atoms with Crippen LogP contribution in [0.2, 0.25) is 0 Å². The summed E-state index contributed by atoms with van der Waals surface area (Å²) in [4.78, 5) is 27.5. The summed E-state index contributed by atoms with van der Waals surface area (Å²) in [6.07, 6.45) is 0. The average Bonchev–Trinajstić information content (AvgIpc) is 3.06. The number of halogens is 1. The van der Waals surface area contributed by atoms with Gasteiger partial charge in [-0.25, -0.2) is 0 Å². The van der Waals surface area contributed by atoms with Crippen LogP contribution in [0, 0.1) is 18.3 Å². The summed E-state index contributed by atoms with van der Waals surface area (Å²) in [6, 6.07) is 18.6. The molecule has 0 radical (unpaired) electrons. The Bertz CT molecular complexity index is 1320. The van der Waals surface area contributed by atoms with E-state index in [-0.39, 0.29) is 17.1 Å². The van der Waals surface area contributed by atoms with Crippen LogP contribution in [0.3, 0.4) is 0 Å². The largest absolute Gasteiger partial charge is 0.508 e. The average molecular weight is 489 g/mol. The van der Waals surface area contributed by atoms with Crippen LogP contribution in [0.5, 0.6) is 5.75 Å². The smallest absolute Gasteiger partial charge is 0.300 e. The molecule has 1 atom stereocenters. The van der Waals surface area contributed by atoms with Gasteiger partial charge in [0.1, 0.15) is 11.5 Å². The quantitative estimate of drug-likeness (QED) is 0.308. The van der Waals surface area contributed by atoms with Gasteiger partial charge in [-0.05, 0) is 66.6 Å². The zero-order chi connectivity index (χ0) is 23.0. The summed E-state index contributed by atoms with van der Waals surface area (Å²) in [7, 11) is 0. The fourth-order valence-corrected chi connectivity index (χ4v) is 4.00. The minimum Gasteiger partial charge on any atom is -0.508 e. The van der Waals surface area contributed by atoms with E-state index in [1.54, 1.807) is 54.6 Å². The van der Waals surface area contributed by atoms with Crippen LogP contribution in [0.25, 0.3) is 5.76 Å². The molecule has 1 unspecified atom stereocenters. The van der Waals surface area contributed by atoms with E-state index in [2.05, 4.69) is 15.9 Å². The summed E-state index contributed by atoms with van der Waals surface area (Å²) in [5.41, 5.74) is 2.43. The molecule has 2 N–H and O–H groups in total.